The Bertz CT molecular complexity index is 481. The second kappa shape index (κ2) is 6.37. The number of rotatable bonds is 6. The van der Waals surface area contributed by atoms with Gasteiger partial charge in [0.25, 0.3) is 0 Å². The summed E-state index contributed by atoms with van der Waals surface area (Å²) in [5, 5.41) is 3.66. The van der Waals surface area contributed by atoms with E-state index in [0.717, 1.165) is 18.5 Å². The van der Waals surface area contributed by atoms with Crippen LogP contribution in [-0.4, -0.2) is 44.7 Å². The fraction of sp³-hybridized carbons (Fsp3) is 0.667. The third-order valence-corrected chi connectivity index (χ3v) is 4.83. The van der Waals surface area contributed by atoms with Crippen LogP contribution in [0.1, 0.15) is 30.4 Å². The topological polar surface area (TPSA) is 18.5 Å². The van der Waals surface area contributed by atoms with Crippen LogP contribution < -0.4 is 10.2 Å². The van der Waals surface area contributed by atoms with Crippen molar-refractivity contribution in [3.8, 4) is 0 Å². The van der Waals surface area contributed by atoms with Crippen molar-refractivity contribution >= 4 is 5.69 Å². The lowest BCUT2D eigenvalue weighted by molar-refractivity contribution is 0.396. The van der Waals surface area contributed by atoms with Crippen LogP contribution in [0.5, 0.6) is 0 Å². The molecule has 3 rings (SSSR count). The fourth-order valence-electron chi connectivity index (χ4n) is 3.43. The zero-order valence-electron chi connectivity index (χ0n) is 13.7. The summed E-state index contributed by atoms with van der Waals surface area (Å²) in [5.41, 5.74) is 4.22. The van der Waals surface area contributed by atoms with Crippen LogP contribution >= 0.6 is 0 Å². The normalized spacial score (nSPS) is 22.7. The first-order chi connectivity index (χ1) is 10.1. The van der Waals surface area contributed by atoms with Gasteiger partial charge in [0.05, 0.1) is 0 Å². The van der Waals surface area contributed by atoms with Gasteiger partial charge in [0, 0.05) is 38.4 Å². The number of nitrogens with one attached hydrogen (secondary N) is 1. The van der Waals surface area contributed by atoms with Crippen LogP contribution in [0.2, 0.25) is 0 Å². The minimum atomic E-state index is 0.771. The van der Waals surface area contributed by atoms with Gasteiger partial charge in [-0.15, -0.1) is 0 Å². The van der Waals surface area contributed by atoms with Crippen LogP contribution in [0.15, 0.2) is 18.2 Å². The maximum atomic E-state index is 3.66. The predicted molar refractivity (Wildman–Crippen MR) is 89.9 cm³/mol. The Balaban J connectivity index is 1.66. The number of aryl methyl sites for hydroxylation is 1. The average molecular weight is 287 g/mol. The Morgan fingerprint density at radius 1 is 1.29 bits per heavy atom. The van der Waals surface area contributed by atoms with E-state index >= 15 is 0 Å². The molecule has 1 N–H and O–H groups in total. The molecule has 21 heavy (non-hydrogen) atoms. The summed E-state index contributed by atoms with van der Waals surface area (Å²) in [7, 11) is 4.49. The van der Waals surface area contributed by atoms with Gasteiger partial charge in [-0.1, -0.05) is 17.7 Å². The standard InChI is InChI=1S/C18H29N3/c1-14-4-7-18(16(10-14)11-19-17-5-6-17)21(3)13-15-8-9-20(2)12-15/h4,7,10,15,17,19H,5-6,8-9,11-13H2,1-3H3. The average Bonchev–Trinajstić information content (AvgIpc) is 3.19. The van der Waals surface area contributed by atoms with Crippen molar-refractivity contribution in [2.45, 2.75) is 38.8 Å². The second-order valence-electron chi connectivity index (χ2n) is 7.08. The summed E-state index contributed by atoms with van der Waals surface area (Å²) in [6.07, 6.45) is 4.04. The van der Waals surface area contributed by atoms with Crippen molar-refractivity contribution in [2.75, 3.05) is 38.6 Å². The number of anilines is 1. The molecule has 1 saturated carbocycles. The predicted octanol–water partition coefficient (Wildman–Crippen LogP) is 2.63. The summed E-state index contributed by atoms with van der Waals surface area (Å²) >= 11 is 0. The Kier molecular flexibility index (Phi) is 4.51. The summed E-state index contributed by atoms with van der Waals surface area (Å²) in [5.74, 6) is 0.811. The number of nitrogens with zero attached hydrogens (tertiary/aromatic N) is 2. The molecule has 3 heteroatoms. The zero-order chi connectivity index (χ0) is 14.8. The van der Waals surface area contributed by atoms with Crippen LogP contribution in [0.25, 0.3) is 0 Å². The lowest BCUT2D eigenvalue weighted by Crippen LogP contribution is -2.28. The molecular formula is C18H29N3. The Morgan fingerprint density at radius 2 is 2.10 bits per heavy atom. The van der Waals surface area contributed by atoms with Crippen molar-refractivity contribution < 1.29 is 0 Å². The van der Waals surface area contributed by atoms with Crippen LogP contribution in [0, 0.1) is 12.8 Å². The molecule has 2 aliphatic rings. The molecule has 1 aliphatic carbocycles. The molecular weight excluding hydrogens is 258 g/mol. The Hall–Kier alpha value is -1.06. The molecule has 0 spiro atoms. The van der Waals surface area contributed by atoms with Gasteiger partial charge in [0.15, 0.2) is 0 Å². The molecule has 1 heterocycles. The minimum absolute atomic E-state index is 0.771. The van der Waals surface area contributed by atoms with Crippen LogP contribution in [-0.2, 0) is 6.54 Å². The van der Waals surface area contributed by atoms with E-state index in [0.29, 0.717) is 0 Å². The van der Waals surface area contributed by atoms with E-state index in [2.05, 4.69) is 54.3 Å². The molecule has 1 aromatic rings. The first kappa shape index (κ1) is 14.9. The van der Waals surface area contributed by atoms with E-state index in [-0.39, 0.29) is 0 Å². The smallest absolute Gasteiger partial charge is 0.0409 e. The maximum absolute atomic E-state index is 3.66. The first-order valence-electron chi connectivity index (χ1n) is 8.34. The largest absolute Gasteiger partial charge is 0.374 e. The van der Waals surface area contributed by atoms with Crippen LogP contribution in [0.4, 0.5) is 5.69 Å². The van der Waals surface area contributed by atoms with E-state index in [1.807, 2.05) is 0 Å². The highest BCUT2D eigenvalue weighted by molar-refractivity contribution is 5.54. The molecule has 1 saturated heterocycles. The third kappa shape index (κ3) is 3.98. The van der Waals surface area contributed by atoms with Gasteiger partial charge < -0.3 is 15.1 Å². The monoisotopic (exact) mass is 287 g/mol. The number of benzene rings is 1. The van der Waals surface area contributed by atoms with E-state index < -0.39 is 0 Å². The van der Waals surface area contributed by atoms with Crippen molar-refractivity contribution in [1.29, 1.82) is 0 Å². The van der Waals surface area contributed by atoms with E-state index in [1.54, 1.807) is 0 Å². The van der Waals surface area contributed by atoms with Gasteiger partial charge >= 0.3 is 0 Å². The van der Waals surface area contributed by atoms with E-state index in [4.69, 9.17) is 0 Å². The summed E-state index contributed by atoms with van der Waals surface area (Å²) in [4.78, 5) is 4.91. The highest BCUT2D eigenvalue weighted by Crippen LogP contribution is 2.26. The van der Waals surface area contributed by atoms with Gasteiger partial charge in [-0.05, 0) is 57.3 Å². The SMILES string of the molecule is Cc1ccc(N(C)CC2CCN(C)C2)c(CNC2CC2)c1. The molecule has 2 fully saturated rings. The molecule has 0 aromatic heterocycles. The first-order valence-corrected chi connectivity index (χ1v) is 8.34. The quantitative estimate of drug-likeness (QED) is 0.868. The molecule has 0 amide bonds. The molecule has 1 aliphatic heterocycles. The lowest BCUT2D eigenvalue weighted by atomic mass is 10.1. The van der Waals surface area contributed by atoms with E-state index in [9.17, 15) is 0 Å². The fourth-order valence-corrected chi connectivity index (χ4v) is 3.43. The van der Waals surface area contributed by atoms with Crippen molar-refractivity contribution in [1.82, 2.24) is 10.2 Å². The number of hydrogen-bond donors (Lipinski definition) is 1. The van der Waals surface area contributed by atoms with Crippen molar-refractivity contribution in [2.24, 2.45) is 5.92 Å². The Morgan fingerprint density at radius 3 is 2.76 bits per heavy atom. The number of likely N-dealkylation sites (tertiary alicyclic amines) is 1. The summed E-state index contributed by atoms with van der Waals surface area (Å²) in [6, 6.07) is 7.67. The molecule has 1 atom stereocenters. The van der Waals surface area contributed by atoms with Crippen molar-refractivity contribution in [3.05, 3.63) is 29.3 Å². The summed E-state index contributed by atoms with van der Waals surface area (Å²) in [6.45, 7) is 6.87. The van der Waals surface area contributed by atoms with Gasteiger partial charge in [0.1, 0.15) is 0 Å². The zero-order valence-corrected chi connectivity index (χ0v) is 13.7. The second-order valence-corrected chi connectivity index (χ2v) is 7.08. The Labute approximate surface area is 129 Å². The highest BCUT2D eigenvalue weighted by Gasteiger charge is 2.23. The van der Waals surface area contributed by atoms with Gasteiger partial charge in [0.2, 0.25) is 0 Å². The molecule has 0 radical (unpaired) electrons. The number of hydrogen-bond acceptors (Lipinski definition) is 3. The maximum Gasteiger partial charge on any atom is 0.0409 e. The van der Waals surface area contributed by atoms with Gasteiger partial charge in [-0.2, -0.15) is 0 Å². The highest BCUT2D eigenvalue weighted by atomic mass is 15.2. The van der Waals surface area contributed by atoms with Crippen LogP contribution in [0.3, 0.4) is 0 Å². The van der Waals surface area contributed by atoms with Crippen molar-refractivity contribution in [3.63, 3.8) is 0 Å². The molecule has 3 nitrogen and oxygen atoms in total. The molecule has 1 aromatic carbocycles. The van der Waals surface area contributed by atoms with Gasteiger partial charge in [-0.3, -0.25) is 0 Å². The van der Waals surface area contributed by atoms with Gasteiger partial charge in [-0.25, -0.2) is 0 Å². The van der Waals surface area contributed by atoms with E-state index in [1.165, 1.54) is 55.7 Å². The molecule has 116 valence electrons. The third-order valence-electron chi connectivity index (χ3n) is 4.83. The molecule has 0 bridgehead atoms. The molecule has 1 unspecified atom stereocenters. The minimum Gasteiger partial charge on any atom is -0.374 e. The lowest BCUT2D eigenvalue weighted by Gasteiger charge is -2.26. The summed E-state index contributed by atoms with van der Waals surface area (Å²) < 4.78 is 0.